The molecule has 1 aliphatic rings. The first-order chi connectivity index (χ1) is 10.9. The molecule has 1 aromatic carbocycles. The zero-order chi connectivity index (χ0) is 17.1. The highest BCUT2D eigenvalue weighted by atomic mass is 19.1. The van der Waals surface area contributed by atoms with Gasteiger partial charge in [-0.1, -0.05) is 0 Å². The lowest BCUT2D eigenvalue weighted by atomic mass is 10.1. The van der Waals surface area contributed by atoms with Crippen molar-refractivity contribution in [1.82, 2.24) is 4.90 Å². The fourth-order valence-electron chi connectivity index (χ4n) is 2.10. The van der Waals surface area contributed by atoms with E-state index in [-0.39, 0.29) is 35.7 Å². The second-order valence-corrected chi connectivity index (χ2v) is 4.82. The number of rotatable bonds is 5. The van der Waals surface area contributed by atoms with Crippen molar-refractivity contribution in [1.29, 1.82) is 0 Å². The lowest BCUT2D eigenvalue weighted by molar-refractivity contribution is -0.137. The van der Waals surface area contributed by atoms with Crippen molar-refractivity contribution in [3.05, 3.63) is 40.8 Å². The number of nitrogens with zero attached hydrogens (tertiary/aromatic N) is 1. The number of aliphatic hydroxyl groups excluding tert-OH is 1. The largest absolute Gasteiger partial charge is 0.465 e. The van der Waals surface area contributed by atoms with E-state index < -0.39 is 23.6 Å². The van der Waals surface area contributed by atoms with Crippen LogP contribution in [0.15, 0.2) is 23.9 Å². The molecule has 1 aromatic rings. The SMILES string of the molecule is COC(=O)c1cc(F)c(C)c(NC2=CC(=O)N(CCO)C2=O)c1. The van der Waals surface area contributed by atoms with Crippen molar-refractivity contribution in [2.45, 2.75) is 6.92 Å². The Morgan fingerprint density at radius 2 is 2.09 bits per heavy atom. The van der Waals surface area contributed by atoms with Crippen LogP contribution in [-0.2, 0) is 14.3 Å². The molecule has 0 spiro atoms. The summed E-state index contributed by atoms with van der Waals surface area (Å²) in [5, 5.41) is 11.5. The molecule has 1 heterocycles. The maximum absolute atomic E-state index is 13.9. The molecule has 122 valence electrons. The Balaban J connectivity index is 2.32. The van der Waals surface area contributed by atoms with Crippen LogP contribution in [0.4, 0.5) is 10.1 Å². The minimum absolute atomic E-state index is 0.0253. The van der Waals surface area contributed by atoms with Gasteiger partial charge in [0.05, 0.1) is 25.8 Å². The number of hydrogen-bond acceptors (Lipinski definition) is 6. The molecule has 0 aromatic heterocycles. The zero-order valence-electron chi connectivity index (χ0n) is 12.6. The Kier molecular flexibility index (Phi) is 4.75. The van der Waals surface area contributed by atoms with Gasteiger partial charge in [-0.2, -0.15) is 0 Å². The van der Waals surface area contributed by atoms with E-state index >= 15 is 0 Å². The number of imide groups is 1. The number of anilines is 1. The molecule has 0 saturated heterocycles. The molecule has 23 heavy (non-hydrogen) atoms. The first-order valence-electron chi connectivity index (χ1n) is 6.73. The van der Waals surface area contributed by atoms with E-state index in [1.807, 2.05) is 0 Å². The Hall–Kier alpha value is -2.74. The molecule has 2 rings (SSSR count). The third-order valence-corrected chi connectivity index (χ3v) is 3.37. The number of esters is 1. The summed E-state index contributed by atoms with van der Waals surface area (Å²) in [5.74, 6) is -2.59. The number of methoxy groups -OCH3 is 1. The molecular weight excluding hydrogens is 307 g/mol. The average Bonchev–Trinajstić information content (AvgIpc) is 2.78. The van der Waals surface area contributed by atoms with Crippen LogP contribution in [-0.4, -0.2) is 48.1 Å². The topological polar surface area (TPSA) is 95.9 Å². The summed E-state index contributed by atoms with van der Waals surface area (Å²) in [6.07, 6.45) is 1.06. The number of carbonyl (C=O) groups excluding carboxylic acids is 3. The van der Waals surface area contributed by atoms with Crippen molar-refractivity contribution < 1.29 is 28.6 Å². The van der Waals surface area contributed by atoms with Gasteiger partial charge in [0.2, 0.25) is 0 Å². The van der Waals surface area contributed by atoms with Gasteiger partial charge in [0, 0.05) is 17.3 Å². The molecule has 0 unspecified atom stereocenters. The van der Waals surface area contributed by atoms with Crippen LogP contribution in [0.25, 0.3) is 0 Å². The van der Waals surface area contributed by atoms with Gasteiger partial charge in [0.1, 0.15) is 11.5 Å². The van der Waals surface area contributed by atoms with E-state index in [0.29, 0.717) is 0 Å². The van der Waals surface area contributed by atoms with Crippen molar-refractivity contribution >= 4 is 23.5 Å². The maximum Gasteiger partial charge on any atom is 0.338 e. The molecule has 2 N–H and O–H groups in total. The minimum atomic E-state index is -0.725. The monoisotopic (exact) mass is 322 g/mol. The summed E-state index contributed by atoms with van der Waals surface area (Å²) in [6.45, 7) is 0.977. The van der Waals surface area contributed by atoms with Crippen molar-refractivity contribution in [3.8, 4) is 0 Å². The number of ether oxygens (including phenoxy) is 1. The number of benzene rings is 1. The standard InChI is InChI=1S/C15H15FN2O5/c1-8-10(16)5-9(15(22)23-2)6-11(8)17-12-7-13(20)18(3-4-19)14(12)21/h5-7,17,19H,3-4H2,1-2H3. The first kappa shape index (κ1) is 16.6. The van der Waals surface area contributed by atoms with Crippen LogP contribution in [0.3, 0.4) is 0 Å². The average molecular weight is 322 g/mol. The summed E-state index contributed by atoms with van der Waals surface area (Å²) in [4.78, 5) is 36.1. The van der Waals surface area contributed by atoms with E-state index in [2.05, 4.69) is 10.1 Å². The summed E-state index contributed by atoms with van der Waals surface area (Å²) in [7, 11) is 1.17. The highest BCUT2D eigenvalue weighted by Crippen LogP contribution is 2.24. The lowest BCUT2D eigenvalue weighted by Gasteiger charge is -2.15. The molecule has 0 aliphatic carbocycles. The molecular formula is C15H15FN2O5. The highest BCUT2D eigenvalue weighted by Gasteiger charge is 2.31. The zero-order valence-corrected chi connectivity index (χ0v) is 12.6. The molecule has 8 heteroatoms. The normalized spacial score (nSPS) is 14.1. The van der Waals surface area contributed by atoms with E-state index in [9.17, 15) is 18.8 Å². The second kappa shape index (κ2) is 6.57. The Labute approximate surface area is 131 Å². The number of carbonyl (C=O) groups is 3. The predicted octanol–water partition coefficient (Wildman–Crippen LogP) is 0.578. The molecule has 0 radical (unpaired) electrons. The van der Waals surface area contributed by atoms with Gasteiger partial charge in [0.15, 0.2) is 0 Å². The third-order valence-electron chi connectivity index (χ3n) is 3.37. The van der Waals surface area contributed by atoms with Crippen LogP contribution >= 0.6 is 0 Å². The van der Waals surface area contributed by atoms with E-state index in [1.54, 1.807) is 0 Å². The van der Waals surface area contributed by atoms with Gasteiger partial charge in [-0.05, 0) is 19.1 Å². The molecule has 0 atom stereocenters. The molecule has 0 fully saturated rings. The summed E-state index contributed by atoms with van der Waals surface area (Å²) < 4.78 is 18.5. The van der Waals surface area contributed by atoms with E-state index in [4.69, 9.17) is 5.11 Å². The number of halogens is 1. The second-order valence-electron chi connectivity index (χ2n) is 4.82. The summed E-state index contributed by atoms with van der Waals surface area (Å²) in [6, 6.07) is 2.36. The van der Waals surface area contributed by atoms with Crippen LogP contribution in [0.5, 0.6) is 0 Å². The Morgan fingerprint density at radius 1 is 1.39 bits per heavy atom. The molecule has 0 saturated carbocycles. The number of amides is 2. The van der Waals surface area contributed by atoms with Crippen LogP contribution < -0.4 is 5.32 Å². The fourth-order valence-corrected chi connectivity index (χ4v) is 2.10. The van der Waals surface area contributed by atoms with Crippen LogP contribution in [0.2, 0.25) is 0 Å². The lowest BCUT2D eigenvalue weighted by Crippen LogP contribution is -2.34. The number of nitrogens with one attached hydrogen (secondary N) is 1. The fraction of sp³-hybridized carbons (Fsp3) is 0.267. The van der Waals surface area contributed by atoms with Gasteiger partial charge in [0.25, 0.3) is 11.8 Å². The van der Waals surface area contributed by atoms with Crippen molar-refractivity contribution in [3.63, 3.8) is 0 Å². The maximum atomic E-state index is 13.9. The van der Waals surface area contributed by atoms with Crippen molar-refractivity contribution in [2.75, 3.05) is 25.6 Å². The van der Waals surface area contributed by atoms with Gasteiger partial charge in [-0.15, -0.1) is 0 Å². The smallest absolute Gasteiger partial charge is 0.338 e. The van der Waals surface area contributed by atoms with Gasteiger partial charge in [-0.3, -0.25) is 14.5 Å². The first-order valence-corrected chi connectivity index (χ1v) is 6.73. The number of β-amino-alcohol motifs (C(OH)–C–C–N with tert-alkyl or cyclic N) is 1. The highest BCUT2D eigenvalue weighted by molar-refractivity contribution is 6.17. The van der Waals surface area contributed by atoms with Gasteiger partial charge < -0.3 is 15.2 Å². The quantitative estimate of drug-likeness (QED) is 0.608. The molecule has 0 bridgehead atoms. The van der Waals surface area contributed by atoms with Gasteiger partial charge >= 0.3 is 5.97 Å². The van der Waals surface area contributed by atoms with Gasteiger partial charge in [-0.25, -0.2) is 9.18 Å². The van der Waals surface area contributed by atoms with Crippen LogP contribution in [0.1, 0.15) is 15.9 Å². The van der Waals surface area contributed by atoms with E-state index in [0.717, 1.165) is 17.0 Å². The van der Waals surface area contributed by atoms with Crippen molar-refractivity contribution in [2.24, 2.45) is 0 Å². The van der Waals surface area contributed by atoms with E-state index in [1.165, 1.54) is 20.1 Å². The summed E-state index contributed by atoms with van der Waals surface area (Å²) >= 11 is 0. The van der Waals surface area contributed by atoms with Crippen LogP contribution in [0, 0.1) is 12.7 Å². The third kappa shape index (κ3) is 3.21. The molecule has 7 nitrogen and oxygen atoms in total. The number of hydrogen-bond donors (Lipinski definition) is 2. The number of aliphatic hydroxyl groups is 1. The Morgan fingerprint density at radius 3 is 2.70 bits per heavy atom. The summed E-state index contributed by atoms with van der Waals surface area (Å²) in [5.41, 5.74) is 0.263. The molecule has 1 aliphatic heterocycles. The minimum Gasteiger partial charge on any atom is -0.465 e. The molecule has 2 amide bonds. The predicted molar refractivity (Wildman–Crippen MR) is 78.0 cm³/mol. The Bertz CT molecular complexity index is 714.